The molecule has 0 N–H and O–H groups in total. The van der Waals surface area contributed by atoms with E-state index in [2.05, 4.69) is 0 Å². The smallest absolute Gasteiger partial charge is 0.254 e. The molecule has 0 saturated carbocycles. The van der Waals surface area contributed by atoms with Gasteiger partial charge in [-0.25, -0.2) is 8.42 Å². The number of hydrogen-bond acceptors (Lipinski definition) is 5. The molecular weight excluding hydrogens is 416 g/mol. The summed E-state index contributed by atoms with van der Waals surface area (Å²) in [5.41, 5.74) is 1.39. The second kappa shape index (κ2) is 8.88. The normalized spacial score (nSPS) is 18.4. The van der Waals surface area contributed by atoms with Crippen molar-refractivity contribution in [2.45, 2.75) is 37.6 Å². The van der Waals surface area contributed by atoms with Crippen LogP contribution in [-0.2, 0) is 10.0 Å². The van der Waals surface area contributed by atoms with Crippen molar-refractivity contribution in [2.75, 3.05) is 32.8 Å². The van der Waals surface area contributed by atoms with Gasteiger partial charge < -0.3 is 14.4 Å². The Hall–Kier alpha value is -2.58. The maximum absolute atomic E-state index is 13.4. The lowest BCUT2D eigenvalue weighted by atomic mass is 10.0. The summed E-state index contributed by atoms with van der Waals surface area (Å²) in [6.07, 6.45) is 1.74. The Labute approximate surface area is 183 Å². The third-order valence-corrected chi connectivity index (χ3v) is 7.93. The van der Waals surface area contributed by atoms with E-state index in [0.717, 1.165) is 24.2 Å². The predicted molar refractivity (Wildman–Crippen MR) is 117 cm³/mol. The molecule has 2 aliphatic rings. The lowest BCUT2D eigenvalue weighted by Gasteiger charge is -2.27. The molecule has 2 aromatic carbocycles. The average molecular weight is 445 g/mol. The van der Waals surface area contributed by atoms with Gasteiger partial charge in [0, 0.05) is 25.2 Å². The molecule has 0 aliphatic carbocycles. The number of sulfonamides is 1. The van der Waals surface area contributed by atoms with Gasteiger partial charge in [0.15, 0.2) is 11.5 Å². The van der Waals surface area contributed by atoms with Crippen molar-refractivity contribution in [1.82, 2.24) is 9.21 Å². The first-order valence-corrected chi connectivity index (χ1v) is 12.2. The monoisotopic (exact) mass is 444 g/mol. The van der Waals surface area contributed by atoms with Gasteiger partial charge in [0.2, 0.25) is 10.0 Å². The number of likely N-dealkylation sites (tertiary alicyclic amines) is 1. The van der Waals surface area contributed by atoms with Crippen LogP contribution in [0.15, 0.2) is 47.4 Å². The number of amides is 1. The zero-order chi connectivity index (χ0) is 22.0. The number of carbonyl (C=O) groups is 1. The van der Waals surface area contributed by atoms with Gasteiger partial charge in [-0.3, -0.25) is 4.79 Å². The number of nitrogens with zero attached hydrogens (tertiary/aromatic N) is 2. The first kappa shape index (κ1) is 21.6. The standard InChI is InChI=1S/C23H28N2O5S/c1-3-24(4-2)31(27,28)19-8-5-7-18(15-19)23(26)25-12-6-9-20(25)17-10-11-21-22(16-17)30-14-13-29-21/h5,7-8,10-11,15-16,20H,3-4,6,9,12-14H2,1-2H3. The molecule has 0 spiro atoms. The van der Waals surface area contributed by atoms with Crippen LogP contribution in [0.25, 0.3) is 0 Å². The third-order valence-electron chi connectivity index (χ3n) is 5.89. The SMILES string of the molecule is CCN(CC)S(=O)(=O)c1cccc(C(=O)N2CCCC2c2ccc3c(c2)OCCO3)c1. The van der Waals surface area contributed by atoms with Gasteiger partial charge in [0.05, 0.1) is 10.9 Å². The van der Waals surface area contributed by atoms with Crippen LogP contribution < -0.4 is 9.47 Å². The van der Waals surface area contributed by atoms with Crippen molar-refractivity contribution < 1.29 is 22.7 Å². The van der Waals surface area contributed by atoms with Crippen molar-refractivity contribution in [2.24, 2.45) is 0 Å². The van der Waals surface area contributed by atoms with Crippen LogP contribution in [0.3, 0.4) is 0 Å². The summed E-state index contributed by atoms with van der Waals surface area (Å²) in [5.74, 6) is 1.27. The predicted octanol–water partition coefficient (Wildman–Crippen LogP) is 3.47. The number of rotatable bonds is 6. The van der Waals surface area contributed by atoms with E-state index < -0.39 is 10.0 Å². The minimum Gasteiger partial charge on any atom is -0.486 e. The van der Waals surface area contributed by atoms with Crippen molar-refractivity contribution in [3.8, 4) is 11.5 Å². The summed E-state index contributed by atoms with van der Waals surface area (Å²) in [7, 11) is -3.62. The second-order valence-corrected chi connectivity index (χ2v) is 9.61. The van der Waals surface area contributed by atoms with E-state index in [4.69, 9.17) is 9.47 Å². The Kier molecular flexibility index (Phi) is 6.20. The first-order valence-electron chi connectivity index (χ1n) is 10.8. The minimum atomic E-state index is -3.62. The van der Waals surface area contributed by atoms with Gasteiger partial charge in [0.1, 0.15) is 13.2 Å². The zero-order valence-corrected chi connectivity index (χ0v) is 18.7. The molecule has 8 heteroatoms. The van der Waals surface area contributed by atoms with E-state index >= 15 is 0 Å². The van der Waals surface area contributed by atoms with E-state index in [0.29, 0.717) is 44.2 Å². The highest BCUT2D eigenvalue weighted by molar-refractivity contribution is 7.89. The van der Waals surface area contributed by atoms with Crippen LogP contribution in [0.2, 0.25) is 0 Å². The molecule has 1 atom stereocenters. The van der Waals surface area contributed by atoms with Crippen molar-refractivity contribution in [3.05, 3.63) is 53.6 Å². The lowest BCUT2D eigenvalue weighted by Crippen LogP contribution is -2.32. The Balaban J connectivity index is 1.61. The summed E-state index contributed by atoms with van der Waals surface area (Å²) in [6.45, 7) is 6.05. The Morgan fingerprint density at radius 1 is 1.06 bits per heavy atom. The Bertz CT molecular complexity index is 1070. The van der Waals surface area contributed by atoms with Crippen molar-refractivity contribution in [1.29, 1.82) is 0 Å². The summed E-state index contributed by atoms with van der Waals surface area (Å²) in [4.78, 5) is 15.3. The molecule has 1 unspecified atom stereocenters. The zero-order valence-electron chi connectivity index (χ0n) is 17.9. The highest BCUT2D eigenvalue weighted by Crippen LogP contribution is 2.38. The Morgan fingerprint density at radius 2 is 1.81 bits per heavy atom. The van der Waals surface area contributed by atoms with Gasteiger partial charge in [-0.1, -0.05) is 26.0 Å². The molecular formula is C23H28N2O5S. The summed E-state index contributed by atoms with van der Waals surface area (Å²) < 4.78 is 38.5. The van der Waals surface area contributed by atoms with Crippen LogP contribution in [0.4, 0.5) is 0 Å². The molecule has 2 aromatic rings. The van der Waals surface area contributed by atoms with Crippen molar-refractivity contribution in [3.63, 3.8) is 0 Å². The maximum Gasteiger partial charge on any atom is 0.254 e. The number of ether oxygens (including phenoxy) is 2. The topological polar surface area (TPSA) is 76.2 Å². The van der Waals surface area contributed by atoms with Crippen molar-refractivity contribution >= 4 is 15.9 Å². The number of hydrogen-bond donors (Lipinski definition) is 0. The second-order valence-electron chi connectivity index (χ2n) is 7.68. The number of fused-ring (bicyclic) bond motifs is 1. The average Bonchev–Trinajstić information content (AvgIpc) is 3.29. The van der Waals surface area contributed by atoms with Gasteiger partial charge in [-0.15, -0.1) is 0 Å². The van der Waals surface area contributed by atoms with Gasteiger partial charge in [0.25, 0.3) is 5.91 Å². The van der Waals surface area contributed by atoms with Gasteiger partial charge in [-0.05, 0) is 48.7 Å². The highest BCUT2D eigenvalue weighted by Gasteiger charge is 2.32. The molecule has 0 aromatic heterocycles. The quantitative estimate of drug-likeness (QED) is 0.682. The van der Waals surface area contributed by atoms with E-state index in [1.165, 1.54) is 10.4 Å². The van der Waals surface area contributed by atoms with E-state index in [9.17, 15) is 13.2 Å². The van der Waals surface area contributed by atoms with Crippen LogP contribution >= 0.6 is 0 Å². The van der Waals surface area contributed by atoms with Gasteiger partial charge in [-0.2, -0.15) is 4.31 Å². The molecule has 1 fully saturated rings. The molecule has 1 saturated heterocycles. The van der Waals surface area contributed by atoms with Crippen LogP contribution in [0, 0.1) is 0 Å². The fourth-order valence-corrected chi connectivity index (χ4v) is 5.80. The first-order chi connectivity index (χ1) is 15.0. The van der Waals surface area contributed by atoms with E-state index in [1.54, 1.807) is 32.0 Å². The fraction of sp³-hybridized carbons (Fsp3) is 0.435. The van der Waals surface area contributed by atoms with Crippen LogP contribution in [-0.4, -0.2) is 56.4 Å². The summed E-state index contributed by atoms with van der Waals surface area (Å²) in [5, 5.41) is 0. The maximum atomic E-state index is 13.4. The summed E-state index contributed by atoms with van der Waals surface area (Å²) >= 11 is 0. The third kappa shape index (κ3) is 4.14. The molecule has 0 radical (unpaired) electrons. The van der Waals surface area contributed by atoms with Crippen LogP contribution in [0.5, 0.6) is 11.5 Å². The molecule has 31 heavy (non-hydrogen) atoms. The largest absolute Gasteiger partial charge is 0.486 e. The molecule has 2 aliphatic heterocycles. The Morgan fingerprint density at radius 3 is 2.55 bits per heavy atom. The molecule has 2 heterocycles. The number of benzene rings is 2. The summed E-state index contributed by atoms with van der Waals surface area (Å²) in [6, 6.07) is 12.1. The van der Waals surface area contributed by atoms with Crippen LogP contribution in [0.1, 0.15) is 48.7 Å². The van der Waals surface area contributed by atoms with Gasteiger partial charge >= 0.3 is 0 Å². The molecule has 1 amide bonds. The molecule has 166 valence electrons. The molecule has 4 rings (SSSR count). The lowest BCUT2D eigenvalue weighted by molar-refractivity contribution is 0.0735. The molecule has 7 nitrogen and oxygen atoms in total. The minimum absolute atomic E-state index is 0.0774. The van der Waals surface area contributed by atoms with E-state index in [-0.39, 0.29) is 16.8 Å². The fourth-order valence-electron chi connectivity index (χ4n) is 4.29. The number of carbonyl (C=O) groups excluding carboxylic acids is 1. The van der Waals surface area contributed by atoms with E-state index in [1.807, 2.05) is 23.1 Å². The highest BCUT2D eigenvalue weighted by atomic mass is 32.2. The molecule has 0 bridgehead atoms.